The van der Waals surface area contributed by atoms with Crippen molar-refractivity contribution >= 4 is 17.6 Å². The third-order valence-electron chi connectivity index (χ3n) is 1.93. The smallest absolute Gasteiger partial charge is 0.345 e. The molecule has 0 saturated heterocycles. The third-order valence-corrected chi connectivity index (χ3v) is 1.93. The van der Waals surface area contributed by atoms with Gasteiger partial charge in [0.25, 0.3) is 11.6 Å². The van der Waals surface area contributed by atoms with Gasteiger partial charge in [-0.2, -0.15) is 0 Å². The quantitative estimate of drug-likeness (QED) is 0.467. The second kappa shape index (κ2) is 5.59. The van der Waals surface area contributed by atoms with E-state index in [1.165, 1.54) is 31.3 Å². The van der Waals surface area contributed by atoms with Gasteiger partial charge in [0.2, 0.25) is 0 Å². The Morgan fingerprint density at radius 2 is 2.06 bits per heavy atom. The number of carbonyl (C=O) groups excluding carboxylic acids is 2. The number of nitrogens with zero attached hydrogens (tertiary/aromatic N) is 1. The minimum Gasteiger partial charge on any atom is -0.452 e. The Morgan fingerprint density at radius 3 is 2.65 bits per heavy atom. The number of hydrogen-bond acceptors (Lipinski definition) is 5. The Balaban J connectivity index is 2.82. The summed E-state index contributed by atoms with van der Waals surface area (Å²) in [4.78, 5) is 32.3. The normalized spacial score (nSPS) is 9.47. The van der Waals surface area contributed by atoms with E-state index in [9.17, 15) is 19.7 Å². The summed E-state index contributed by atoms with van der Waals surface area (Å²) in [5, 5.41) is 12.9. The van der Waals surface area contributed by atoms with Gasteiger partial charge in [0.1, 0.15) is 5.56 Å². The largest absolute Gasteiger partial charge is 0.452 e. The average Bonchev–Trinajstić information content (AvgIpc) is 2.35. The highest BCUT2D eigenvalue weighted by molar-refractivity contribution is 5.95. The molecule has 0 unspecified atom stereocenters. The topological polar surface area (TPSA) is 98.5 Å². The summed E-state index contributed by atoms with van der Waals surface area (Å²) in [6, 6.07) is 5.37. The molecule has 0 bridgehead atoms. The van der Waals surface area contributed by atoms with Crippen molar-refractivity contribution in [3.63, 3.8) is 0 Å². The predicted molar refractivity (Wildman–Crippen MR) is 57.4 cm³/mol. The maximum absolute atomic E-state index is 11.5. The number of nitro groups is 1. The molecule has 1 aromatic rings. The van der Waals surface area contributed by atoms with Gasteiger partial charge in [-0.1, -0.05) is 12.1 Å². The molecule has 0 aliphatic carbocycles. The lowest BCUT2D eigenvalue weighted by Crippen LogP contribution is -2.25. The zero-order valence-corrected chi connectivity index (χ0v) is 9.00. The molecule has 0 radical (unpaired) electrons. The van der Waals surface area contributed by atoms with Crippen molar-refractivity contribution in [2.24, 2.45) is 0 Å². The molecule has 7 heteroatoms. The number of amides is 1. The van der Waals surface area contributed by atoms with Crippen molar-refractivity contribution < 1.29 is 19.2 Å². The number of nitro benzene ring substituents is 1. The Hall–Kier alpha value is -2.44. The molecule has 0 saturated carbocycles. The maximum atomic E-state index is 11.5. The van der Waals surface area contributed by atoms with Gasteiger partial charge in [0.05, 0.1) is 4.92 Å². The van der Waals surface area contributed by atoms with Crippen molar-refractivity contribution in [1.29, 1.82) is 0 Å². The fourth-order valence-corrected chi connectivity index (χ4v) is 1.09. The lowest BCUT2D eigenvalue weighted by molar-refractivity contribution is -0.385. The van der Waals surface area contributed by atoms with Gasteiger partial charge in [-0.15, -0.1) is 0 Å². The van der Waals surface area contributed by atoms with Crippen LogP contribution in [0.15, 0.2) is 24.3 Å². The Kier molecular flexibility index (Phi) is 4.15. The molecule has 17 heavy (non-hydrogen) atoms. The zero-order chi connectivity index (χ0) is 12.8. The van der Waals surface area contributed by atoms with Crippen LogP contribution in [0.4, 0.5) is 5.69 Å². The maximum Gasteiger partial charge on any atom is 0.345 e. The average molecular weight is 238 g/mol. The van der Waals surface area contributed by atoms with Crippen LogP contribution >= 0.6 is 0 Å². The Morgan fingerprint density at radius 1 is 1.41 bits per heavy atom. The van der Waals surface area contributed by atoms with Gasteiger partial charge in [-0.25, -0.2) is 4.79 Å². The minimum atomic E-state index is -0.902. The van der Waals surface area contributed by atoms with Gasteiger partial charge in [0, 0.05) is 13.1 Å². The Labute approximate surface area is 96.5 Å². The summed E-state index contributed by atoms with van der Waals surface area (Å²) >= 11 is 0. The van der Waals surface area contributed by atoms with Crippen molar-refractivity contribution in [2.75, 3.05) is 13.7 Å². The van der Waals surface area contributed by atoms with Crippen molar-refractivity contribution in [3.8, 4) is 0 Å². The van der Waals surface area contributed by atoms with Crippen LogP contribution in [0.2, 0.25) is 0 Å². The summed E-state index contributed by atoms with van der Waals surface area (Å²) < 4.78 is 4.62. The van der Waals surface area contributed by atoms with Crippen LogP contribution < -0.4 is 5.32 Å². The molecule has 1 N–H and O–H groups in total. The molecule has 7 nitrogen and oxygen atoms in total. The molecule has 0 spiro atoms. The Bertz CT molecular complexity index is 458. The van der Waals surface area contributed by atoms with E-state index in [0.29, 0.717) is 0 Å². The van der Waals surface area contributed by atoms with Crippen molar-refractivity contribution in [2.45, 2.75) is 0 Å². The van der Waals surface area contributed by atoms with Crippen LogP contribution in [0.5, 0.6) is 0 Å². The van der Waals surface area contributed by atoms with Gasteiger partial charge < -0.3 is 10.1 Å². The number of esters is 1. The second-order valence-electron chi connectivity index (χ2n) is 3.02. The van der Waals surface area contributed by atoms with Crippen LogP contribution in [-0.2, 0) is 9.53 Å². The van der Waals surface area contributed by atoms with Gasteiger partial charge in [-0.3, -0.25) is 14.9 Å². The van der Waals surface area contributed by atoms with Crippen LogP contribution in [0.25, 0.3) is 0 Å². The van der Waals surface area contributed by atoms with E-state index in [4.69, 9.17) is 0 Å². The van der Waals surface area contributed by atoms with E-state index >= 15 is 0 Å². The minimum absolute atomic E-state index is 0.179. The van der Waals surface area contributed by atoms with Gasteiger partial charge in [-0.05, 0) is 6.07 Å². The molecule has 90 valence electrons. The van der Waals surface area contributed by atoms with E-state index in [-0.39, 0.29) is 11.3 Å². The standard InChI is InChI=1S/C10H10N2O5/c1-11-9(13)6-17-10(14)7-4-2-3-5-8(7)12(15)16/h2-5H,6H2,1H3,(H,11,13). The fourth-order valence-electron chi connectivity index (χ4n) is 1.09. The summed E-state index contributed by atoms with van der Waals surface area (Å²) in [5.74, 6) is -1.39. The molecule has 1 amide bonds. The molecule has 0 fully saturated rings. The highest BCUT2D eigenvalue weighted by Crippen LogP contribution is 2.18. The molecule has 1 aromatic carbocycles. The molecule has 0 atom stereocenters. The number of hydrogen-bond donors (Lipinski definition) is 1. The molecule has 1 rings (SSSR count). The molecular formula is C10H10N2O5. The monoisotopic (exact) mass is 238 g/mol. The first kappa shape index (κ1) is 12.6. The number of likely N-dealkylation sites (N-methyl/N-ethyl adjacent to an activating group) is 1. The van der Waals surface area contributed by atoms with Crippen LogP contribution in [0.1, 0.15) is 10.4 Å². The first-order valence-electron chi connectivity index (χ1n) is 4.67. The molecule has 0 aliphatic rings. The second-order valence-corrected chi connectivity index (χ2v) is 3.02. The van der Waals surface area contributed by atoms with E-state index in [2.05, 4.69) is 10.1 Å². The molecular weight excluding hydrogens is 228 g/mol. The van der Waals surface area contributed by atoms with Crippen molar-refractivity contribution in [3.05, 3.63) is 39.9 Å². The van der Waals surface area contributed by atoms with Crippen molar-refractivity contribution in [1.82, 2.24) is 5.32 Å². The zero-order valence-electron chi connectivity index (χ0n) is 9.00. The molecule has 0 heterocycles. The molecule has 0 aromatic heterocycles. The van der Waals surface area contributed by atoms with Crippen LogP contribution in [-0.4, -0.2) is 30.5 Å². The first-order chi connectivity index (χ1) is 8.06. The van der Waals surface area contributed by atoms with E-state index in [1.807, 2.05) is 0 Å². The summed E-state index contributed by atoms with van der Waals surface area (Å²) in [6.07, 6.45) is 0. The lowest BCUT2D eigenvalue weighted by Gasteiger charge is -2.04. The first-order valence-corrected chi connectivity index (χ1v) is 4.67. The van der Waals surface area contributed by atoms with E-state index < -0.39 is 23.4 Å². The number of nitrogens with one attached hydrogen (secondary N) is 1. The number of ether oxygens (including phenoxy) is 1. The number of para-hydroxylation sites is 1. The third kappa shape index (κ3) is 3.26. The summed E-state index contributed by atoms with van der Waals surface area (Å²) in [6.45, 7) is -0.471. The number of rotatable bonds is 4. The molecule has 0 aliphatic heterocycles. The summed E-state index contributed by atoms with van der Waals surface area (Å²) in [7, 11) is 1.39. The lowest BCUT2D eigenvalue weighted by atomic mass is 10.2. The van der Waals surface area contributed by atoms with E-state index in [1.54, 1.807) is 0 Å². The number of benzene rings is 1. The van der Waals surface area contributed by atoms with Gasteiger partial charge >= 0.3 is 5.97 Å². The van der Waals surface area contributed by atoms with Crippen LogP contribution in [0.3, 0.4) is 0 Å². The number of carbonyl (C=O) groups is 2. The summed E-state index contributed by atoms with van der Waals surface area (Å²) in [5.41, 5.74) is -0.532. The fraction of sp³-hybridized carbons (Fsp3) is 0.200. The highest BCUT2D eigenvalue weighted by Gasteiger charge is 2.20. The SMILES string of the molecule is CNC(=O)COC(=O)c1ccccc1[N+](=O)[O-]. The van der Waals surface area contributed by atoms with E-state index in [0.717, 1.165) is 0 Å². The highest BCUT2D eigenvalue weighted by atomic mass is 16.6. The predicted octanol–water partition coefficient (Wildman–Crippen LogP) is 0.498. The van der Waals surface area contributed by atoms with Gasteiger partial charge in [0.15, 0.2) is 6.61 Å². The van der Waals surface area contributed by atoms with Crippen LogP contribution in [0, 0.1) is 10.1 Å².